The van der Waals surface area contributed by atoms with Crippen LogP contribution in [-0.4, -0.2) is 58.8 Å². The molecule has 2 aromatic rings. The highest BCUT2D eigenvalue weighted by molar-refractivity contribution is 5.52. The number of hydrogen-bond donors (Lipinski definition) is 1. The third-order valence-electron chi connectivity index (χ3n) is 5.70. The highest BCUT2D eigenvalue weighted by Gasteiger charge is 2.23. The third-order valence-corrected chi connectivity index (χ3v) is 5.70. The van der Waals surface area contributed by atoms with Gasteiger partial charge in [0, 0.05) is 50.4 Å². The van der Waals surface area contributed by atoms with Crippen LogP contribution < -0.4 is 4.90 Å². The van der Waals surface area contributed by atoms with Crippen LogP contribution in [0.1, 0.15) is 48.0 Å². The van der Waals surface area contributed by atoms with Crippen LogP contribution in [0.15, 0.2) is 24.3 Å². The molecule has 1 N–H and O–H groups in total. The molecule has 0 amide bonds. The normalized spacial score (nSPS) is 16.4. The van der Waals surface area contributed by atoms with Gasteiger partial charge in [0.15, 0.2) is 0 Å². The second-order valence-electron chi connectivity index (χ2n) is 7.99. The first-order valence-electron chi connectivity index (χ1n) is 10.5. The van der Waals surface area contributed by atoms with Crippen LogP contribution in [0.4, 0.5) is 5.82 Å². The van der Waals surface area contributed by atoms with Crippen LogP contribution in [0.5, 0.6) is 0 Å². The summed E-state index contributed by atoms with van der Waals surface area (Å²) >= 11 is 0. The van der Waals surface area contributed by atoms with Gasteiger partial charge in [-0.3, -0.25) is 4.90 Å². The Balaban J connectivity index is 1.76. The van der Waals surface area contributed by atoms with E-state index in [0.717, 1.165) is 69.3 Å². The fourth-order valence-corrected chi connectivity index (χ4v) is 4.05. The summed E-state index contributed by atoms with van der Waals surface area (Å²) in [6.45, 7) is 13.0. The predicted molar refractivity (Wildman–Crippen MR) is 115 cm³/mol. The van der Waals surface area contributed by atoms with Crippen molar-refractivity contribution < 1.29 is 5.11 Å². The molecule has 1 saturated heterocycles. The van der Waals surface area contributed by atoms with E-state index in [4.69, 9.17) is 4.98 Å². The molecule has 1 fully saturated rings. The van der Waals surface area contributed by atoms with E-state index in [1.807, 2.05) is 6.92 Å². The molecule has 0 radical (unpaired) electrons. The van der Waals surface area contributed by atoms with Gasteiger partial charge >= 0.3 is 0 Å². The summed E-state index contributed by atoms with van der Waals surface area (Å²) in [5.41, 5.74) is 4.95. The van der Waals surface area contributed by atoms with Gasteiger partial charge in [-0.25, -0.2) is 9.97 Å². The zero-order chi connectivity index (χ0) is 20.1. The molecule has 0 bridgehead atoms. The Morgan fingerprint density at radius 1 is 1.04 bits per heavy atom. The molecule has 5 nitrogen and oxygen atoms in total. The average Bonchev–Trinajstić information content (AvgIpc) is 2.66. The number of piperazine rings is 1. The molecule has 3 rings (SSSR count). The van der Waals surface area contributed by atoms with Crippen molar-refractivity contribution in [2.45, 2.75) is 53.1 Å². The fraction of sp³-hybridized carbons (Fsp3) is 0.565. The number of aromatic nitrogens is 2. The Morgan fingerprint density at radius 3 is 2.43 bits per heavy atom. The number of rotatable bonds is 7. The second-order valence-corrected chi connectivity index (χ2v) is 7.99. The Morgan fingerprint density at radius 2 is 1.75 bits per heavy atom. The average molecular weight is 383 g/mol. The fourth-order valence-electron chi connectivity index (χ4n) is 4.05. The van der Waals surface area contributed by atoms with Gasteiger partial charge < -0.3 is 10.0 Å². The first kappa shape index (κ1) is 20.7. The Hall–Kier alpha value is -1.98. The molecular formula is C23H34N4O. The van der Waals surface area contributed by atoms with Crippen LogP contribution in [0, 0.1) is 20.8 Å². The van der Waals surface area contributed by atoms with Gasteiger partial charge in [-0.1, -0.05) is 37.6 Å². The maximum atomic E-state index is 10.1. The van der Waals surface area contributed by atoms with Gasteiger partial charge in [-0.05, 0) is 38.3 Å². The van der Waals surface area contributed by atoms with E-state index in [9.17, 15) is 5.11 Å². The van der Waals surface area contributed by atoms with Crippen LogP contribution in [0.3, 0.4) is 0 Å². The van der Waals surface area contributed by atoms with Crippen molar-refractivity contribution in [3.05, 3.63) is 52.5 Å². The number of aliphatic hydroxyl groups excluding tert-OH is 1. The Labute approximate surface area is 169 Å². The molecule has 152 valence electrons. The van der Waals surface area contributed by atoms with Crippen LogP contribution in [0.2, 0.25) is 0 Å². The summed E-state index contributed by atoms with van der Waals surface area (Å²) in [6, 6.07) is 8.56. The van der Waals surface area contributed by atoms with E-state index in [1.165, 1.54) is 16.7 Å². The zero-order valence-electron chi connectivity index (χ0n) is 17.8. The number of benzene rings is 1. The SMILES string of the molecule is CCCC(O)CN1CCN(c2nc(C)nc(C)c2Cc2ccccc2C)CC1. The lowest BCUT2D eigenvalue weighted by Gasteiger charge is -2.37. The first-order chi connectivity index (χ1) is 13.5. The predicted octanol–water partition coefficient (Wildman–Crippen LogP) is 3.28. The van der Waals surface area contributed by atoms with Gasteiger partial charge in [0.25, 0.3) is 0 Å². The monoisotopic (exact) mass is 382 g/mol. The van der Waals surface area contributed by atoms with Crippen molar-refractivity contribution in [2.75, 3.05) is 37.6 Å². The number of anilines is 1. The van der Waals surface area contributed by atoms with Crippen LogP contribution in [0.25, 0.3) is 0 Å². The molecule has 1 unspecified atom stereocenters. The number of hydrogen-bond acceptors (Lipinski definition) is 5. The Kier molecular flexibility index (Phi) is 7.03. The third kappa shape index (κ3) is 5.09. The zero-order valence-corrected chi connectivity index (χ0v) is 17.8. The van der Waals surface area contributed by atoms with E-state index in [2.05, 4.69) is 59.8 Å². The lowest BCUT2D eigenvalue weighted by Crippen LogP contribution is -2.49. The van der Waals surface area contributed by atoms with Crippen molar-refractivity contribution in [3.63, 3.8) is 0 Å². The summed E-state index contributed by atoms with van der Waals surface area (Å²) in [5, 5.41) is 10.1. The van der Waals surface area contributed by atoms with E-state index in [0.29, 0.717) is 0 Å². The molecule has 1 aliphatic heterocycles. The molecule has 0 aliphatic carbocycles. The van der Waals surface area contributed by atoms with Gasteiger partial charge in [0.05, 0.1) is 6.10 Å². The van der Waals surface area contributed by atoms with Crippen molar-refractivity contribution >= 4 is 5.82 Å². The molecule has 1 aromatic heterocycles. The lowest BCUT2D eigenvalue weighted by molar-refractivity contribution is 0.101. The minimum absolute atomic E-state index is 0.211. The largest absolute Gasteiger partial charge is 0.392 e. The van der Waals surface area contributed by atoms with Crippen molar-refractivity contribution in [1.29, 1.82) is 0 Å². The minimum Gasteiger partial charge on any atom is -0.392 e. The topological polar surface area (TPSA) is 52.5 Å². The molecule has 5 heteroatoms. The summed E-state index contributed by atoms with van der Waals surface area (Å²) in [4.78, 5) is 14.3. The molecule has 1 aromatic carbocycles. The molecule has 1 aliphatic rings. The van der Waals surface area contributed by atoms with Crippen molar-refractivity contribution in [3.8, 4) is 0 Å². The second kappa shape index (κ2) is 9.48. The summed E-state index contributed by atoms with van der Waals surface area (Å²) < 4.78 is 0. The van der Waals surface area contributed by atoms with E-state index in [1.54, 1.807) is 0 Å². The number of nitrogens with zero attached hydrogens (tertiary/aromatic N) is 4. The summed E-state index contributed by atoms with van der Waals surface area (Å²) in [6.07, 6.45) is 2.56. The van der Waals surface area contributed by atoms with Gasteiger partial charge in [-0.2, -0.15) is 0 Å². The smallest absolute Gasteiger partial charge is 0.136 e. The molecular weight excluding hydrogens is 348 g/mol. The number of aryl methyl sites for hydroxylation is 3. The summed E-state index contributed by atoms with van der Waals surface area (Å²) in [7, 11) is 0. The van der Waals surface area contributed by atoms with Crippen LogP contribution >= 0.6 is 0 Å². The number of β-amino-alcohol motifs (C(OH)–C–C–N with tert-alkyl or cyclic N) is 1. The highest BCUT2D eigenvalue weighted by atomic mass is 16.3. The number of aliphatic hydroxyl groups is 1. The van der Waals surface area contributed by atoms with Gasteiger partial charge in [0.1, 0.15) is 11.6 Å². The van der Waals surface area contributed by atoms with Crippen molar-refractivity contribution in [1.82, 2.24) is 14.9 Å². The maximum Gasteiger partial charge on any atom is 0.136 e. The molecule has 2 heterocycles. The quantitative estimate of drug-likeness (QED) is 0.796. The Bertz CT molecular complexity index is 784. The summed E-state index contributed by atoms with van der Waals surface area (Å²) in [5.74, 6) is 1.92. The molecule has 1 atom stereocenters. The van der Waals surface area contributed by atoms with Gasteiger partial charge in [0.2, 0.25) is 0 Å². The van der Waals surface area contributed by atoms with E-state index < -0.39 is 0 Å². The maximum absolute atomic E-state index is 10.1. The standard InChI is InChI=1S/C23H34N4O/c1-5-8-21(28)16-26-11-13-27(14-12-26)23-22(18(3)24-19(4)25-23)15-20-10-7-6-9-17(20)2/h6-7,9-10,21,28H,5,8,11-16H2,1-4H3. The van der Waals surface area contributed by atoms with Crippen LogP contribution in [-0.2, 0) is 6.42 Å². The lowest BCUT2D eigenvalue weighted by atomic mass is 9.99. The molecule has 28 heavy (non-hydrogen) atoms. The van der Waals surface area contributed by atoms with Gasteiger partial charge in [-0.15, -0.1) is 0 Å². The first-order valence-corrected chi connectivity index (χ1v) is 10.5. The van der Waals surface area contributed by atoms with E-state index >= 15 is 0 Å². The van der Waals surface area contributed by atoms with E-state index in [-0.39, 0.29) is 6.10 Å². The molecule has 0 spiro atoms. The highest BCUT2D eigenvalue weighted by Crippen LogP contribution is 2.26. The molecule has 0 saturated carbocycles. The van der Waals surface area contributed by atoms with Crippen molar-refractivity contribution in [2.24, 2.45) is 0 Å². The minimum atomic E-state index is -0.211.